The molecule has 0 spiro atoms. The van der Waals surface area contributed by atoms with Crippen molar-refractivity contribution in [3.63, 3.8) is 0 Å². The van der Waals surface area contributed by atoms with Gasteiger partial charge in [-0.25, -0.2) is 9.37 Å². The van der Waals surface area contributed by atoms with Crippen LogP contribution >= 0.6 is 0 Å². The first-order valence-electron chi connectivity index (χ1n) is 8.50. The van der Waals surface area contributed by atoms with Gasteiger partial charge < -0.3 is 14.8 Å². The first-order valence-corrected chi connectivity index (χ1v) is 8.50. The number of hydrogen-bond acceptors (Lipinski definition) is 4. The number of benzene rings is 2. The third-order valence-electron chi connectivity index (χ3n) is 3.68. The molecule has 0 fully saturated rings. The highest BCUT2D eigenvalue weighted by molar-refractivity contribution is 5.94. The second-order valence-corrected chi connectivity index (χ2v) is 5.72. The van der Waals surface area contributed by atoms with Gasteiger partial charge in [-0.05, 0) is 23.8 Å². The maximum absolute atomic E-state index is 13.1. The van der Waals surface area contributed by atoms with Crippen LogP contribution in [0, 0.1) is 5.82 Å². The van der Waals surface area contributed by atoms with Crippen LogP contribution in [0.1, 0.15) is 15.9 Å². The second kappa shape index (κ2) is 9.33. The Kier molecular flexibility index (Phi) is 6.35. The van der Waals surface area contributed by atoms with E-state index in [0.717, 1.165) is 5.56 Å². The minimum atomic E-state index is -0.364. The van der Waals surface area contributed by atoms with E-state index in [9.17, 15) is 9.18 Å². The van der Waals surface area contributed by atoms with Gasteiger partial charge in [0.25, 0.3) is 5.91 Å². The van der Waals surface area contributed by atoms with Gasteiger partial charge in [-0.15, -0.1) is 0 Å². The maximum atomic E-state index is 13.1. The summed E-state index contributed by atoms with van der Waals surface area (Å²) >= 11 is 0. The first kappa shape index (κ1) is 18.4. The lowest BCUT2D eigenvalue weighted by Crippen LogP contribution is -2.28. The second-order valence-electron chi connectivity index (χ2n) is 5.72. The molecule has 0 bridgehead atoms. The largest absolute Gasteiger partial charge is 0.492 e. The van der Waals surface area contributed by atoms with Crippen molar-refractivity contribution in [1.82, 2.24) is 10.3 Å². The van der Waals surface area contributed by atoms with Crippen molar-refractivity contribution in [2.24, 2.45) is 0 Å². The average Bonchev–Trinajstić information content (AvgIpc) is 2.70. The van der Waals surface area contributed by atoms with Gasteiger partial charge in [0.05, 0.1) is 6.54 Å². The number of halogens is 1. The lowest BCUT2D eigenvalue weighted by atomic mass is 10.2. The van der Waals surface area contributed by atoms with Crippen LogP contribution in [0.5, 0.6) is 11.6 Å². The molecule has 2 aromatic carbocycles. The number of nitrogens with one attached hydrogen (secondary N) is 1. The summed E-state index contributed by atoms with van der Waals surface area (Å²) in [4.78, 5) is 16.3. The molecule has 27 heavy (non-hydrogen) atoms. The smallest absolute Gasteiger partial charge is 0.251 e. The zero-order valence-electron chi connectivity index (χ0n) is 14.6. The molecule has 1 N–H and O–H groups in total. The molecule has 5 nitrogen and oxygen atoms in total. The normalized spacial score (nSPS) is 10.3. The highest BCUT2D eigenvalue weighted by Crippen LogP contribution is 2.13. The molecule has 0 saturated carbocycles. The van der Waals surface area contributed by atoms with E-state index < -0.39 is 0 Å². The van der Waals surface area contributed by atoms with Crippen LogP contribution in [0.25, 0.3) is 0 Å². The van der Waals surface area contributed by atoms with Crippen LogP contribution in [0.2, 0.25) is 0 Å². The summed E-state index contributed by atoms with van der Waals surface area (Å²) in [5, 5.41) is 2.74. The Morgan fingerprint density at radius 2 is 1.85 bits per heavy atom. The van der Waals surface area contributed by atoms with E-state index >= 15 is 0 Å². The van der Waals surface area contributed by atoms with Gasteiger partial charge in [-0.2, -0.15) is 0 Å². The lowest BCUT2D eigenvalue weighted by molar-refractivity contribution is 0.0946. The molecule has 0 aliphatic heterocycles. The minimum absolute atomic E-state index is 0.234. The average molecular weight is 366 g/mol. The maximum Gasteiger partial charge on any atom is 0.251 e. The predicted octanol–water partition coefficient (Wildman–Crippen LogP) is 3.61. The Balaban J connectivity index is 1.46. The van der Waals surface area contributed by atoms with Crippen molar-refractivity contribution >= 4 is 5.91 Å². The lowest BCUT2D eigenvalue weighted by Gasteiger charge is -2.09. The fraction of sp³-hybridized carbons (Fsp3) is 0.143. The Labute approximate surface area is 156 Å². The SMILES string of the molecule is O=C(NCCOc1cccc(F)c1)c1ccnc(OCc2ccccc2)c1. The van der Waals surface area contributed by atoms with Crippen LogP contribution in [0.15, 0.2) is 72.9 Å². The van der Waals surface area contributed by atoms with Gasteiger partial charge in [0.15, 0.2) is 0 Å². The third-order valence-corrected chi connectivity index (χ3v) is 3.68. The van der Waals surface area contributed by atoms with Crippen molar-refractivity contribution in [1.29, 1.82) is 0 Å². The number of nitrogens with zero attached hydrogens (tertiary/aromatic N) is 1. The summed E-state index contributed by atoms with van der Waals surface area (Å²) in [6.45, 7) is 0.899. The predicted molar refractivity (Wildman–Crippen MR) is 99.2 cm³/mol. The van der Waals surface area contributed by atoms with Crippen LogP contribution in [0.3, 0.4) is 0 Å². The van der Waals surface area contributed by atoms with Gasteiger partial charge in [0, 0.05) is 23.9 Å². The number of carbonyl (C=O) groups excluding carboxylic acids is 1. The molecule has 1 heterocycles. The van der Waals surface area contributed by atoms with Crippen LogP contribution in [-0.4, -0.2) is 24.0 Å². The monoisotopic (exact) mass is 366 g/mol. The number of pyridine rings is 1. The molecule has 0 aliphatic rings. The Morgan fingerprint density at radius 3 is 2.67 bits per heavy atom. The molecule has 3 rings (SSSR count). The Hall–Kier alpha value is -3.41. The van der Waals surface area contributed by atoms with Crippen LogP contribution < -0.4 is 14.8 Å². The zero-order chi connectivity index (χ0) is 18.9. The summed E-state index contributed by atoms with van der Waals surface area (Å²) in [5.74, 6) is 0.174. The highest BCUT2D eigenvalue weighted by Gasteiger charge is 2.07. The summed E-state index contributed by atoms with van der Waals surface area (Å²) in [7, 11) is 0. The molecule has 1 amide bonds. The molecule has 0 radical (unpaired) electrons. The van der Waals surface area contributed by atoms with E-state index in [1.807, 2.05) is 30.3 Å². The van der Waals surface area contributed by atoms with Gasteiger partial charge >= 0.3 is 0 Å². The number of rotatable bonds is 8. The van der Waals surface area contributed by atoms with Gasteiger partial charge in [0.1, 0.15) is 24.8 Å². The van der Waals surface area contributed by atoms with Gasteiger partial charge in [0.2, 0.25) is 5.88 Å². The molecule has 3 aromatic rings. The van der Waals surface area contributed by atoms with E-state index in [1.54, 1.807) is 24.3 Å². The molecule has 0 aliphatic carbocycles. The molecular weight excluding hydrogens is 347 g/mol. The minimum Gasteiger partial charge on any atom is -0.492 e. The Morgan fingerprint density at radius 1 is 1.00 bits per heavy atom. The van der Waals surface area contributed by atoms with Gasteiger partial charge in [-0.3, -0.25) is 4.79 Å². The van der Waals surface area contributed by atoms with Crippen molar-refractivity contribution in [3.05, 3.63) is 89.9 Å². The van der Waals surface area contributed by atoms with Crippen LogP contribution in [-0.2, 0) is 6.61 Å². The quantitative estimate of drug-likeness (QED) is 0.619. The summed E-state index contributed by atoms with van der Waals surface area (Å²) in [6, 6.07) is 18.8. The topological polar surface area (TPSA) is 60.5 Å². The molecule has 0 unspecified atom stereocenters. The van der Waals surface area contributed by atoms with Crippen molar-refractivity contribution < 1.29 is 18.7 Å². The fourth-order valence-electron chi connectivity index (χ4n) is 2.35. The van der Waals surface area contributed by atoms with E-state index in [1.165, 1.54) is 18.3 Å². The standard InChI is InChI=1S/C21H19FN2O3/c22-18-7-4-8-19(14-18)26-12-11-24-21(25)17-9-10-23-20(13-17)27-15-16-5-2-1-3-6-16/h1-10,13-14H,11-12,15H2,(H,24,25). The molecular formula is C21H19FN2O3. The van der Waals surface area contributed by atoms with Crippen molar-refractivity contribution in [2.45, 2.75) is 6.61 Å². The number of aromatic nitrogens is 1. The highest BCUT2D eigenvalue weighted by atomic mass is 19.1. The fourth-order valence-corrected chi connectivity index (χ4v) is 2.35. The molecule has 138 valence electrons. The van der Waals surface area contributed by atoms with Gasteiger partial charge in [-0.1, -0.05) is 36.4 Å². The molecule has 1 aromatic heterocycles. The number of hydrogen-bond donors (Lipinski definition) is 1. The Bertz CT molecular complexity index is 887. The van der Waals surface area contributed by atoms with Crippen molar-refractivity contribution in [3.8, 4) is 11.6 Å². The van der Waals surface area contributed by atoms with E-state index in [2.05, 4.69) is 10.3 Å². The number of ether oxygens (including phenoxy) is 2. The zero-order valence-corrected chi connectivity index (χ0v) is 14.6. The van der Waals surface area contributed by atoms with E-state index in [0.29, 0.717) is 23.8 Å². The number of amides is 1. The third kappa shape index (κ3) is 5.81. The molecule has 0 saturated heterocycles. The summed E-state index contributed by atoms with van der Waals surface area (Å²) < 4.78 is 24.1. The summed E-state index contributed by atoms with van der Waals surface area (Å²) in [6.07, 6.45) is 1.53. The molecule has 6 heteroatoms. The van der Waals surface area contributed by atoms with E-state index in [4.69, 9.17) is 9.47 Å². The summed E-state index contributed by atoms with van der Waals surface area (Å²) in [5.41, 5.74) is 1.46. The number of carbonyl (C=O) groups is 1. The van der Waals surface area contributed by atoms with Crippen molar-refractivity contribution in [2.75, 3.05) is 13.2 Å². The first-order chi connectivity index (χ1) is 13.2. The molecule has 0 atom stereocenters. The van der Waals surface area contributed by atoms with Crippen LogP contribution in [0.4, 0.5) is 4.39 Å². The van der Waals surface area contributed by atoms with E-state index in [-0.39, 0.29) is 24.9 Å².